The van der Waals surface area contributed by atoms with Crippen molar-refractivity contribution in [3.8, 4) is 0 Å². The summed E-state index contributed by atoms with van der Waals surface area (Å²) in [5.74, 6) is -1.17. The maximum atomic E-state index is 12.1. The summed E-state index contributed by atoms with van der Waals surface area (Å²) >= 11 is 0. The Labute approximate surface area is 126 Å². The van der Waals surface area contributed by atoms with Gasteiger partial charge in [-0.25, -0.2) is 9.59 Å². The van der Waals surface area contributed by atoms with E-state index in [1.807, 2.05) is 0 Å². The van der Waals surface area contributed by atoms with E-state index >= 15 is 0 Å². The summed E-state index contributed by atoms with van der Waals surface area (Å²) < 4.78 is 0. The third-order valence-electron chi connectivity index (χ3n) is 3.56. The maximum Gasteiger partial charge on any atom is 0.335 e. The van der Waals surface area contributed by atoms with Crippen molar-refractivity contribution in [2.75, 3.05) is 6.54 Å². The van der Waals surface area contributed by atoms with Crippen LogP contribution in [0.3, 0.4) is 0 Å². The molecule has 22 heavy (non-hydrogen) atoms. The highest BCUT2D eigenvalue weighted by molar-refractivity contribution is 5.93. The molecule has 0 aliphatic carbocycles. The minimum absolute atomic E-state index is 0.00180. The highest BCUT2D eigenvalue weighted by Gasteiger charge is 2.35. The van der Waals surface area contributed by atoms with E-state index in [0.29, 0.717) is 17.8 Å². The number of hydrogen-bond donors (Lipinski definition) is 2. The van der Waals surface area contributed by atoms with Gasteiger partial charge in [-0.05, 0) is 19.4 Å². The second-order valence-corrected chi connectivity index (χ2v) is 4.78. The van der Waals surface area contributed by atoms with E-state index in [1.54, 1.807) is 19.9 Å². The molecule has 2 N–H and O–H groups in total. The predicted molar refractivity (Wildman–Crippen MR) is 77.1 cm³/mol. The zero-order valence-corrected chi connectivity index (χ0v) is 12.1. The minimum atomic E-state index is -1.17. The largest absolute Gasteiger partial charge is 0.478 e. The number of rotatable bonds is 4. The number of nitrogens with zero attached hydrogens (tertiary/aromatic N) is 2. The van der Waals surface area contributed by atoms with Crippen LogP contribution >= 0.6 is 0 Å². The highest BCUT2D eigenvalue weighted by atomic mass is 16.6. The molecule has 0 fully saturated rings. The molecule has 8 nitrogen and oxygen atoms in total. The van der Waals surface area contributed by atoms with Crippen LogP contribution in [0.25, 0.3) is 0 Å². The second kappa shape index (κ2) is 5.84. The van der Waals surface area contributed by atoms with Gasteiger partial charge in [-0.2, -0.15) is 0 Å². The molecule has 1 heterocycles. The number of allylic oxidation sites excluding steroid dienone is 1. The van der Waals surface area contributed by atoms with Crippen molar-refractivity contribution < 1.29 is 19.6 Å². The van der Waals surface area contributed by atoms with Crippen molar-refractivity contribution in [2.45, 2.75) is 19.9 Å². The Morgan fingerprint density at radius 2 is 2.18 bits per heavy atom. The fourth-order valence-electron chi connectivity index (χ4n) is 2.51. The van der Waals surface area contributed by atoms with Gasteiger partial charge in [0.2, 0.25) is 0 Å². The summed E-state index contributed by atoms with van der Waals surface area (Å²) in [4.78, 5) is 35.2. The number of nitro groups is 1. The molecule has 0 radical (unpaired) electrons. The fourth-order valence-corrected chi connectivity index (χ4v) is 2.51. The molecule has 1 aromatic rings. The second-order valence-electron chi connectivity index (χ2n) is 4.78. The molecule has 1 atom stereocenters. The normalized spacial score (nSPS) is 18.2. The number of carboxylic acid groups (broad SMARTS) is 1. The van der Waals surface area contributed by atoms with Crippen LogP contribution in [0, 0.1) is 10.1 Å². The van der Waals surface area contributed by atoms with Gasteiger partial charge in [0.05, 0.1) is 16.5 Å². The lowest BCUT2D eigenvalue weighted by Crippen LogP contribution is -2.47. The van der Waals surface area contributed by atoms with Crippen LogP contribution < -0.4 is 5.32 Å². The summed E-state index contributed by atoms with van der Waals surface area (Å²) in [6.45, 7) is 3.61. The number of amides is 2. The lowest BCUT2D eigenvalue weighted by atomic mass is 9.94. The number of carbonyl (C=O) groups excluding carboxylic acids is 1. The first-order valence-corrected chi connectivity index (χ1v) is 6.63. The molecule has 116 valence electrons. The molecule has 2 amide bonds. The first-order chi connectivity index (χ1) is 10.4. The summed E-state index contributed by atoms with van der Waals surface area (Å²) in [5.41, 5.74) is 0.527. The fraction of sp³-hybridized carbons (Fsp3) is 0.286. The first kappa shape index (κ1) is 15.5. The van der Waals surface area contributed by atoms with E-state index in [2.05, 4.69) is 5.32 Å². The molecule has 0 aromatic heterocycles. The topological polar surface area (TPSA) is 113 Å². The van der Waals surface area contributed by atoms with E-state index < -0.39 is 23.0 Å². The SMILES string of the molecule is CCN1C(=O)NC(c2cccc([N+](=O)[O-])c2)C(C(=O)O)=C1C. The van der Waals surface area contributed by atoms with E-state index in [1.165, 1.54) is 23.1 Å². The van der Waals surface area contributed by atoms with Gasteiger partial charge in [0.25, 0.3) is 5.69 Å². The number of benzene rings is 1. The Balaban J connectivity index is 2.56. The number of nitro benzene ring substituents is 1. The number of carboxylic acids is 1. The van der Waals surface area contributed by atoms with E-state index in [9.17, 15) is 24.8 Å². The van der Waals surface area contributed by atoms with Crippen LogP contribution in [0.2, 0.25) is 0 Å². The van der Waals surface area contributed by atoms with Gasteiger partial charge >= 0.3 is 12.0 Å². The van der Waals surface area contributed by atoms with Crippen molar-refractivity contribution >= 4 is 17.7 Å². The number of carbonyl (C=O) groups is 2. The van der Waals surface area contributed by atoms with Gasteiger partial charge in [-0.1, -0.05) is 12.1 Å². The minimum Gasteiger partial charge on any atom is -0.478 e. The van der Waals surface area contributed by atoms with Crippen LogP contribution in [0.1, 0.15) is 25.5 Å². The van der Waals surface area contributed by atoms with Crippen LogP contribution in [0.4, 0.5) is 10.5 Å². The average molecular weight is 305 g/mol. The third-order valence-corrected chi connectivity index (χ3v) is 3.56. The van der Waals surface area contributed by atoms with E-state index in [0.717, 1.165) is 0 Å². The lowest BCUT2D eigenvalue weighted by Gasteiger charge is -2.34. The average Bonchev–Trinajstić information content (AvgIpc) is 2.46. The molecule has 0 saturated heterocycles. The number of urea groups is 1. The van der Waals surface area contributed by atoms with Gasteiger partial charge in [-0.3, -0.25) is 15.0 Å². The summed E-state index contributed by atoms with van der Waals surface area (Å²) in [6.07, 6.45) is 0. The monoisotopic (exact) mass is 305 g/mol. The van der Waals surface area contributed by atoms with Crippen molar-refractivity contribution in [3.63, 3.8) is 0 Å². The molecule has 0 saturated carbocycles. The Morgan fingerprint density at radius 1 is 1.50 bits per heavy atom. The van der Waals surface area contributed by atoms with Crippen molar-refractivity contribution in [2.24, 2.45) is 0 Å². The van der Waals surface area contributed by atoms with Crippen LogP contribution in [0.15, 0.2) is 35.5 Å². The van der Waals surface area contributed by atoms with Gasteiger partial charge in [-0.15, -0.1) is 0 Å². The van der Waals surface area contributed by atoms with Gasteiger partial charge in [0.1, 0.15) is 0 Å². The molecule has 8 heteroatoms. The number of hydrogen-bond acceptors (Lipinski definition) is 4. The molecule has 1 aromatic carbocycles. The zero-order chi connectivity index (χ0) is 16.4. The van der Waals surface area contributed by atoms with Gasteiger partial charge in [0, 0.05) is 24.4 Å². The van der Waals surface area contributed by atoms with Crippen molar-refractivity contribution in [1.29, 1.82) is 0 Å². The Bertz CT molecular complexity index is 683. The molecule has 0 bridgehead atoms. The number of nitrogens with one attached hydrogen (secondary N) is 1. The standard InChI is InChI=1S/C14H15N3O5/c1-3-16-8(2)11(13(18)19)12(15-14(16)20)9-5-4-6-10(7-9)17(21)22/h4-7,12H,3H2,1-2H3,(H,15,20)(H,18,19). The van der Waals surface area contributed by atoms with E-state index in [-0.39, 0.29) is 11.3 Å². The Morgan fingerprint density at radius 3 is 2.73 bits per heavy atom. The summed E-state index contributed by atoms with van der Waals surface area (Å²) in [5, 5.41) is 22.9. The summed E-state index contributed by atoms with van der Waals surface area (Å²) in [7, 11) is 0. The first-order valence-electron chi connectivity index (χ1n) is 6.63. The van der Waals surface area contributed by atoms with Crippen LogP contribution in [0.5, 0.6) is 0 Å². The molecule has 1 unspecified atom stereocenters. The van der Waals surface area contributed by atoms with Crippen LogP contribution in [-0.4, -0.2) is 33.5 Å². The Hall–Kier alpha value is -2.90. The molecular formula is C14H15N3O5. The van der Waals surface area contributed by atoms with Gasteiger partial charge < -0.3 is 10.4 Å². The molecule has 2 rings (SSSR count). The quantitative estimate of drug-likeness (QED) is 0.653. The van der Waals surface area contributed by atoms with Crippen molar-refractivity contribution in [1.82, 2.24) is 10.2 Å². The predicted octanol–water partition coefficient (Wildman–Crippen LogP) is 2.04. The summed E-state index contributed by atoms with van der Waals surface area (Å²) in [6, 6.07) is 4.23. The van der Waals surface area contributed by atoms with Crippen molar-refractivity contribution in [3.05, 3.63) is 51.2 Å². The number of aliphatic carboxylic acids is 1. The Kier molecular flexibility index (Phi) is 4.11. The number of non-ortho nitro benzene ring substituents is 1. The lowest BCUT2D eigenvalue weighted by molar-refractivity contribution is -0.384. The molecule has 1 aliphatic rings. The molecule has 1 aliphatic heterocycles. The zero-order valence-electron chi connectivity index (χ0n) is 12.1. The molecular weight excluding hydrogens is 290 g/mol. The van der Waals surface area contributed by atoms with Crippen LogP contribution in [-0.2, 0) is 4.79 Å². The third kappa shape index (κ3) is 2.62. The van der Waals surface area contributed by atoms with Gasteiger partial charge in [0.15, 0.2) is 0 Å². The molecule has 0 spiro atoms. The van der Waals surface area contributed by atoms with E-state index in [4.69, 9.17) is 0 Å². The maximum absolute atomic E-state index is 12.1. The highest BCUT2D eigenvalue weighted by Crippen LogP contribution is 2.31. The smallest absolute Gasteiger partial charge is 0.335 e.